The first-order valence-corrected chi connectivity index (χ1v) is 7.32. The van der Waals surface area contributed by atoms with E-state index in [2.05, 4.69) is 5.32 Å². The summed E-state index contributed by atoms with van der Waals surface area (Å²) in [5.74, 6) is -0.342. The van der Waals surface area contributed by atoms with Crippen molar-refractivity contribution >= 4 is 23.4 Å². The standard InChI is InChI=1S/C15H19ClN2O3/c1-3-8-17-15(20)14-13(18(2)12(19)9-21-14)10-4-6-11(16)7-5-10/h4-7,13-14H,3,8-9H2,1-2H3,(H,17,20)/t13-,14-/m1/s1. The van der Waals surface area contributed by atoms with E-state index in [1.165, 1.54) is 0 Å². The van der Waals surface area contributed by atoms with Crippen molar-refractivity contribution in [2.24, 2.45) is 0 Å². The summed E-state index contributed by atoms with van der Waals surface area (Å²) in [6.07, 6.45) is 0.138. The van der Waals surface area contributed by atoms with E-state index >= 15 is 0 Å². The van der Waals surface area contributed by atoms with Crippen LogP contribution in [0.4, 0.5) is 0 Å². The minimum absolute atomic E-state index is 0.0786. The van der Waals surface area contributed by atoms with Crippen LogP contribution in [0.25, 0.3) is 0 Å². The van der Waals surface area contributed by atoms with E-state index in [4.69, 9.17) is 16.3 Å². The summed E-state index contributed by atoms with van der Waals surface area (Å²) < 4.78 is 5.48. The Morgan fingerprint density at radius 1 is 1.43 bits per heavy atom. The molecule has 21 heavy (non-hydrogen) atoms. The normalized spacial score (nSPS) is 22.2. The van der Waals surface area contributed by atoms with E-state index < -0.39 is 12.1 Å². The van der Waals surface area contributed by atoms with E-state index in [0.717, 1.165) is 12.0 Å². The molecule has 1 aromatic carbocycles. The maximum absolute atomic E-state index is 12.3. The lowest BCUT2D eigenvalue weighted by Crippen LogP contribution is -2.53. The Balaban J connectivity index is 2.26. The first kappa shape index (κ1) is 15.8. The molecular formula is C15H19ClN2O3. The van der Waals surface area contributed by atoms with E-state index in [0.29, 0.717) is 11.6 Å². The van der Waals surface area contributed by atoms with Crippen molar-refractivity contribution in [2.45, 2.75) is 25.5 Å². The Labute approximate surface area is 129 Å². The van der Waals surface area contributed by atoms with Crippen LogP contribution in [0, 0.1) is 0 Å². The topological polar surface area (TPSA) is 58.6 Å². The van der Waals surface area contributed by atoms with Crippen molar-refractivity contribution in [2.75, 3.05) is 20.2 Å². The SMILES string of the molecule is CCCNC(=O)[C@@H]1OCC(=O)N(C)[C@@H]1c1ccc(Cl)cc1. The molecule has 0 saturated carbocycles. The highest BCUT2D eigenvalue weighted by molar-refractivity contribution is 6.30. The highest BCUT2D eigenvalue weighted by Crippen LogP contribution is 2.29. The third-order valence-electron chi connectivity index (χ3n) is 3.50. The van der Waals surface area contributed by atoms with Crippen LogP contribution in [0.3, 0.4) is 0 Å². The van der Waals surface area contributed by atoms with E-state index in [9.17, 15) is 9.59 Å². The van der Waals surface area contributed by atoms with Gasteiger partial charge in [0.2, 0.25) is 5.91 Å². The van der Waals surface area contributed by atoms with Crippen molar-refractivity contribution < 1.29 is 14.3 Å². The highest BCUT2D eigenvalue weighted by Gasteiger charge is 2.39. The molecular weight excluding hydrogens is 292 g/mol. The molecule has 2 rings (SSSR count). The molecule has 114 valence electrons. The Bertz CT molecular complexity index is 518. The smallest absolute Gasteiger partial charge is 0.251 e. The second-order valence-electron chi connectivity index (χ2n) is 5.02. The van der Waals surface area contributed by atoms with Gasteiger partial charge in [0.1, 0.15) is 6.61 Å². The highest BCUT2D eigenvalue weighted by atomic mass is 35.5. The number of morpholine rings is 1. The summed E-state index contributed by atoms with van der Waals surface area (Å²) in [6, 6.07) is 6.66. The summed E-state index contributed by atoms with van der Waals surface area (Å²) >= 11 is 5.89. The number of amides is 2. The molecule has 1 N–H and O–H groups in total. The number of nitrogens with zero attached hydrogens (tertiary/aromatic N) is 1. The van der Waals surface area contributed by atoms with Gasteiger partial charge in [-0.15, -0.1) is 0 Å². The fraction of sp³-hybridized carbons (Fsp3) is 0.467. The largest absolute Gasteiger partial charge is 0.356 e. The molecule has 1 aliphatic rings. The summed E-state index contributed by atoms with van der Waals surface area (Å²) in [5.41, 5.74) is 0.826. The van der Waals surface area contributed by atoms with Gasteiger partial charge in [-0.3, -0.25) is 9.59 Å². The second kappa shape index (κ2) is 6.91. The number of likely N-dealkylation sites (N-methyl/N-ethyl adjacent to an activating group) is 1. The van der Waals surface area contributed by atoms with Crippen LogP contribution in [0.1, 0.15) is 24.9 Å². The lowest BCUT2D eigenvalue weighted by molar-refractivity contribution is -0.162. The first-order chi connectivity index (χ1) is 10.0. The molecule has 0 unspecified atom stereocenters. The number of carbonyl (C=O) groups excluding carboxylic acids is 2. The molecule has 1 heterocycles. The van der Waals surface area contributed by atoms with Crippen molar-refractivity contribution in [1.82, 2.24) is 10.2 Å². The average molecular weight is 311 g/mol. The molecule has 1 fully saturated rings. The van der Waals surface area contributed by atoms with Crippen LogP contribution in [0.2, 0.25) is 5.02 Å². The zero-order chi connectivity index (χ0) is 15.4. The second-order valence-corrected chi connectivity index (χ2v) is 5.46. The average Bonchev–Trinajstić information content (AvgIpc) is 2.48. The first-order valence-electron chi connectivity index (χ1n) is 6.95. The van der Waals surface area contributed by atoms with Gasteiger partial charge in [0.15, 0.2) is 6.10 Å². The summed E-state index contributed by atoms with van der Waals surface area (Å²) in [5, 5.41) is 3.43. The predicted molar refractivity (Wildman–Crippen MR) is 80.0 cm³/mol. The molecule has 0 bridgehead atoms. The Hall–Kier alpha value is -1.59. The van der Waals surface area contributed by atoms with Gasteiger partial charge in [-0.1, -0.05) is 30.7 Å². The van der Waals surface area contributed by atoms with E-state index in [1.807, 2.05) is 19.1 Å². The van der Waals surface area contributed by atoms with Gasteiger partial charge in [0, 0.05) is 18.6 Å². The van der Waals surface area contributed by atoms with Crippen molar-refractivity contribution in [3.63, 3.8) is 0 Å². The van der Waals surface area contributed by atoms with Crippen molar-refractivity contribution in [3.8, 4) is 0 Å². The third kappa shape index (κ3) is 3.54. The van der Waals surface area contributed by atoms with E-state index in [1.54, 1.807) is 24.1 Å². The number of halogens is 1. The maximum Gasteiger partial charge on any atom is 0.251 e. The quantitative estimate of drug-likeness (QED) is 0.922. The lowest BCUT2D eigenvalue weighted by Gasteiger charge is -2.38. The molecule has 0 radical (unpaired) electrons. The molecule has 1 aliphatic heterocycles. The van der Waals surface area contributed by atoms with Gasteiger partial charge in [-0.2, -0.15) is 0 Å². The monoisotopic (exact) mass is 310 g/mol. The van der Waals surface area contributed by atoms with Gasteiger partial charge in [0.25, 0.3) is 5.91 Å². The molecule has 0 aromatic heterocycles. The lowest BCUT2D eigenvalue weighted by atomic mass is 9.97. The van der Waals surface area contributed by atoms with Crippen LogP contribution in [0.5, 0.6) is 0 Å². The fourth-order valence-corrected chi connectivity index (χ4v) is 2.46. The van der Waals surface area contributed by atoms with Crippen molar-refractivity contribution in [1.29, 1.82) is 0 Å². The Morgan fingerprint density at radius 3 is 2.71 bits per heavy atom. The fourth-order valence-electron chi connectivity index (χ4n) is 2.34. The van der Waals surface area contributed by atoms with Crippen molar-refractivity contribution in [3.05, 3.63) is 34.9 Å². The molecule has 0 aliphatic carbocycles. The maximum atomic E-state index is 12.3. The van der Waals surface area contributed by atoms with E-state index in [-0.39, 0.29) is 18.4 Å². The van der Waals surface area contributed by atoms with Gasteiger partial charge < -0.3 is 15.0 Å². The summed E-state index contributed by atoms with van der Waals surface area (Å²) in [7, 11) is 1.68. The molecule has 0 spiro atoms. The number of carbonyl (C=O) groups is 2. The molecule has 1 aromatic rings. The summed E-state index contributed by atoms with van der Waals surface area (Å²) in [4.78, 5) is 25.7. The number of ether oxygens (including phenoxy) is 1. The number of hydrogen-bond acceptors (Lipinski definition) is 3. The Kier molecular flexibility index (Phi) is 5.20. The molecule has 2 atom stereocenters. The summed E-state index contributed by atoms with van der Waals surface area (Å²) in [6.45, 7) is 2.49. The number of hydrogen-bond donors (Lipinski definition) is 1. The molecule has 1 saturated heterocycles. The zero-order valence-corrected chi connectivity index (χ0v) is 12.9. The Morgan fingerprint density at radius 2 is 2.10 bits per heavy atom. The number of benzene rings is 1. The van der Waals surface area contributed by atoms with Crippen LogP contribution in [-0.4, -0.2) is 43.0 Å². The van der Waals surface area contributed by atoms with Crippen LogP contribution >= 0.6 is 11.6 Å². The number of rotatable bonds is 4. The van der Waals surface area contributed by atoms with Crippen LogP contribution < -0.4 is 5.32 Å². The predicted octanol–water partition coefficient (Wildman–Crippen LogP) is 1.76. The molecule has 2 amide bonds. The van der Waals surface area contributed by atoms with Gasteiger partial charge in [-0.25, -0.2) is 0 Å². The van der Waals surface area contributed by atoms with Gasteiger partial charge in [0.05, 0.1) is 6.04 Å². The minimum Gasteiger partial charge on any atom is -0.356 e. The molecule has 6 heteroatoms. The third-order valence-corrected chi connectivity index (χ3v) is 3.75. The minimum atomic E-state index is -0.708. The van der Waals surface area contributed by atoms with Crippen LogP contribution in [-0.2, 0) is 14.3 Å². The number of nitrogens with one attached hydrogen (secondary N) is 1. The van der Waals surface area contributed by atoms with Gasteiger partial charge in [-0.05, 0) is 24.1 Å². The van der Waals surface area contributed by atoms with Crippen LogP contribution in [0.15, 0.2) is 24.3 Å². The zero-order valence-electron chi connectivity index (χ0n) is 12.1. The molecule has 5 nitrogen and oxygen atoms in total. The van der Waals surface area contributed by atoms with Gasteiger partial charge >= 0.3 is 0 Å².